The number of nitrogens with one attached hydrogen (secondary N) is 1. The summed E-state index contributed by atoms with van der Waals surface area (Å²) >= 11 is 0. The van der Waals surface area contributed by atoms with Crippen molar-refractivity contribution in [3.8, 4) is 5.75 Å². The lowest BCUT2D eigenvalue weighted by Gasteiger charge is -2.06. The van der Waals surface area contributed by atoms with Gasteiger partial charge in [0.15, 0.2) is 11.5 Å². The Morgan fingerprint density at radius 2 is 1.79 bits per heavy atom. The Kier molecular flexibility index (Phi) is 6.03. The number of aromatic nitrogens is 3. The van der Waals surface area contributed by atoms with Crippen LogP contribution in [-0.2, 0) is 13.0 Å². The van der Waals surface area contributed by atoms with E-state index in [4.69, 9.17) is 9.26 Å². The molecule has 7 nitrogen and oxygen atoms in total. The lowest BCUT2D eigenvalue weighted by molar-refractivity contribution is 0.0944. The number of carbonyl (C=O) groups excluding carboxylic acids is 1. The average molecular weight is 380 g/mol. The molecule has 0 fully saturated rings. The van der Waals surface area contributed by atoms with E-state index in [1.54, 1.807) is 6.07 Å². The summed E-state index contributed by atoms with van der Waals surface area (Å²) in [4.78, 5) is 20.9. The van der Waals surface area contributed by atoms with Gasteiger partial charge in [-0.1, -0.05) is 11.2 Å². The van der Waals surface area contributed by atoms with E-state index >= 15 is 0 Å². The van der Waals surface area contributed by atoms with E-state index in [1.165, 1.54) is 5.56 Å². The quantitative estimate of drug-likeness (QED) is 0.677. The first-order valence-corrected chi connectivity index (χ1v) is 9.16. The van der Waals surface area contributed by atoms with Gasteiger partial charge >= 0.3 is 0 Å². The molecule has 0 radical (unpaired) electrons. The topological polar surface area (TPSA) is 90.1 Å². The van der Waals surface area contributed by atoms with E-state index < -0.39 is 0 Å². The van der Waals surface area contributed by atoms with Crippen LogP contribution in [0.5, 0.6) is 5.75 Å². The zero-order valence-corrected chi connectivity index (χ0v) is 16.6. The third-order valence-electron chi connectivity index (χ3n) is 4.31. The third kappa shape index (κ3) is 5.16. The van der Waals surface area contributed by atoms with Crippen LogP contribution in [0.1, 0.15) is 44.6 Å². The summed E-state index contributed by atoms with van der Waals surface area (Å²) in [5.41, 5.74) is 4.41. The van der Waals surface area contributed by atoms with Crippen molar-refractivity contribution in [2.45, 2.75) is 40.7 Å². The van der Waals surface area contributed by atoms with Crippen LogP contribution in [0.4, 0.5) is 0 Å². The van der Waals surface area contributed by atoms with Crippen LogP contribution in [-0.4, -0.2) is 27.6 Å². The lowest BCUT2D eigenvalue weighted by Crippen LogP contribution is -2.26. The van der Waals surface area contributed by atoms with Crippen molar-refractivity contribution in [1.82, 2.24) is 20.4 Å². The molecule has 3 aromatic rings. The average Bonchev–Trinajstić information content (AvgIpc) is 3.11. The van der Waals surface area contributed by atoms with E-state index in [0.29, 0.717) is 24.6 Å². The molecule has 1 amide bonds. The SMILES string of the molecule is Cc1cc(C)nc(CCNC(=O)c2cc(COc3ccc(C)c(C)c3)on2)n1. The maximum atomic E-state index is 12.2. The van der Waals surface area contributed by atoms with Crippen LogP contribution in [0, 0.1) is 27.7 Å². The Bertz CT molecular complexity index is 961. The molecule has 3 rings (SSSR count). The fourth-order valence-corrected chi connectivity index (χ4v) is 2.74. The predicted octanol–water partition coefficient (Wildman–Crippen LogP) is 3.25. The molecule has 0 aliphatic rings. The van der Waals surface area contributed by atoms with Gasteiger partial charge in [0.1, 0.15) is 18.2 Å². The van der Waals surface area contributed by atoms with Crippen LogP contribution >= 0.6 is 0 Å². The Morgan fingerprint density at radius 1 is 1.04 bits per heavy atom. The molecule has 0 bridgehead atoms. The van der Waals surface area contributed by atoms with Crippen LogP contribution in [0.2, 0.25) is 0 Å². The number of hydrogen-bond acceptors (Lipinski definition) is 6. The monoisotopic (exact) mass is 380 g/mol. The number of carbonyl (C=O) groups is 1. The number of rotatable bonds is 7. The zero-order valence-electron chi connectivity index (χ0n) is 16.6. The highest BCUT2D eigenvalue weighted by molar-refractivity contribution is 5.92. The molecule has 0 aliphatic heterocycles. The molecule has 2 heterocycles. The van der Waals surface area contributed by atoms with E-state index in [-0.39, 0.29) is 18.2 Å². The molecule has 0 unspecified atom stereocenters. The number of ether oxygens (including phenoxy) is 1. The highest BCUT2D eigenvalue weighted by Gasteiger charge is 2.13. The molecule has 146 valence electrons. The van der Waals surface area contributed by atoms with Gasteiger partial charge in [0.05, 0.1) is 0 Å². The summed E-state index contributed by atoms with van der Waals surface area (Å²) in [6.07, 6.45) is 0.550. The molecular weight excluding hydrogens is 356 g/mol. The van der Waals surface area contributed by atoms with Gasteiger partial charge in [-0.2, -0.15) is 0 Å². The van der Waals surface area contributed by atoms with E-state index in [9.17, 15) is 4.79 Å². The second-order valence-corrected chi connectivity index (χ2v) is 6.79. The third-order valence-corrected chi connectivity index (χ3v) is 4.31. The molecule has 1 N–H and O–H groups in total. The Morgan fingerprint density at radius 3 is 2.50 bits per heavy atom. The van der Waals surface area contributed by atoms with Gasteiger partial charge in [-0.3, -0.25) is 4.79 Å². The summed E-state index contributed by atoms with van der Waals surface area (Å²) < 4.78 is 10.9. The van der Waals surface area contributed by atoms with E-state index in [2.05, 4.69) is 20.4 Å². The molecule has 28 heavy (non-hydrogen) atoms. The van der Waals surface area contributed by atoms with Crippen molar-refractivity contribution in [1.29, 1.82) is 0 Å². The van der Waals surface area contributed by atoms with Crippen molar-refractivity contribution < 1.29 is 14.1 Å². The fourth-order valence-electron chi connectivity index (χ4n) is 2.74. The zero-order chi connectivity index (χ0) is 20.1. The standard InChI is InChI=1S/C21H24N4O3/c1-13-5-6-17(9-14(13)2)27-12-18-11-19(25-28-18)21(26)22-8-7-20-23-15(3)10-16(4)24-20/h5-6,9-11H,7-8,12H2,1-4H3,(H,22,26). The van der Waals surface area contributed by atoms with Gasteiger partial charge in [-0.05, 0) is 57.0 Å². The molecule has 2 aromatic heterocycles. The maximum absolute atomic E-state index is 12.2. The van der Waals surface area contributed by atoms with Gasteiger partial charge in [0.2, 0.25) is 0 Å². The van der Waals surface area contributed by atoms with Crippen LogP contribution in [0.3, 0.4) is 0 Å². The van der Waals surface area contributed by atoms with E-state index in [0.717, 1.165) is 22.7 Å². The predicted molar refractivity (Wildman–Crippen MR) is 104 cm³/mol. The summed E-state index contributed by atoms with van der Waals surface area (Å²) in [6.45, 7) is 8.55. The van der Waals surface area contributed by atoms with Gasteiger partial charge in [0.25, 0.3) is 5.91 Å². The Balaban J connectivity index is 1.50. The smallest absolute Gasteiger partial charge is 0.273 e. The van der Waals surface area contributed by atoms with Crippen molar-refractivity contribution in [2.24, 2.45) is 0 Å². The minimum absolute atomic E-state index is 0.208. The second-order valence-electron chi connectivity index (χ2n) is 6.79. The molecule has 1 aromatic carbocycles. The highest BCUT2D eigenvalue weighted by Crippen LogP contribution is 2.18. The lowest BCUT2D eigenvalue weighted by atomic mass is 10.1. The normalized spacial score (nSPS) is 10.7. The minimum atomic E-state index is -0.300. The van der Waals surface area contributed by atoms with Crippen LogP contribution in [0.15, 0.2) is 34.9 Å². The first kappa shape index (κ1) is 19.5. The van der Waals surface area contributed by atoms with Crippen molar-refractivity contribution >= 4 is 5.91 Å². The summed E-state index contributed by atoms with van der Waals surface area (Å²) in [6, 6.07) is 9.38. The van der Waals surface area contributed by atoms with Crippen LogP contribution in [0.25, 0.3) is 0 Å². The number of amides is 1. The number of benzene rings is 1. The number of hydrogen-bond donors (Lipinski definition) is 1. The van der Waals surface area contributed by atoms with Crippen molar-refractivity contribution in [3.05, 3.63) is 70.1 Å². The van der Waals surface area contributed by atoms with Crippen LogP contribution < -0.4 is 10.1 Å². The van der Waals surface area contributed by atoms with Gasteiger partial charge in [-0.25, -0.2) is 9.97 Å². The summed E-state index contributed by atoms with van der Waals surface area (Å²) in [7, 11) is 0. The molecule has 0 saturated heterocycles. The number of aryl methyl sites for hydroxylation is 4. The van der Waals surface area contributed by atoms with Gasteiger partial charge in [0, 0.05) is 30.4 Å². The molecule has 0 atom stereocenters. The molecule has 0 spiro atoms. The largest absolute Gasteiger partial charge is 0.486 e. The number of nitrogens with zero attached hydrogens (tertiary/aromatic N) is 3. The van der Waals surface area contributed by atoms with Crippen molar-refractivity contribution in [2.75, 3.05) is 6.54 Å². The highest BCUT2D eigenvalue weighted by atomic mass is 16.5. The molecule has 0 aliphatic carbocycles. The Labute approximate surface area is 164 Å². The van der Waals surface area contributed by atoms with Gasteiger partial charge in [-0.15, -0.1) is 0 Å². The Hall–Kier alpha value is -3.22. The first-order chi connectivity index (χ1) is 13.4. The van der Waals surface area contributed by atoms with Crippen molar-refractivity contribution in [3.63, 3.8) is 0 Å². The minimum Gasteiger partial charge on any atom is -0.486 e. The molecular formula is C21H24N4O3. The first-order valence-electron chi connectivity index (χ1n) is 9.16. The molecule has 7 heteroatoms. The molecule has 0 saturated carbocycles. The van der Waals surface area contributed by atoms with Gasteiger partial charge < -0.3 is 14.6 Å². The second kappa shape index (κ2) is 8.65. The maximum Gasteiger partial charge on any atom is 0.273 e. The van der Waals surface area contributed by atoms with E-state index in [1.807, 2.05) is 52.0 Å². The summed E-state index contributed by atoms with van der Waals surface area (Å²) in [5.74, 6) is 1.64. The fraction of sp³-hybridized carbons (Fsp3) is 0.333. The summed E-state index contributed by atoms with van der Waals surface area (Å²) in [5, 5.41) is 6.62.